The quantitative estimate of drug-likeness (QED) is 0.177. The van der Waals surface area contributed by atoms with E-state index in [0.717, 1.165) is 6.32 Å². The van der Waals surface area contributed by atoms with E-state index in [1.165, 1.54) is 0 Å². The summed E-state index contributed by atoms with van der Waals surface area (Å²) in [6, 6.07) is 0. The number of rotatable bonds is 5. The Balaban J connectivity index is 2.82. The van der Waals surface area contributed by atoms with Gasteiger partial charge in [0.05, 0.1) is 6.61 Å². The van der Waals surface area contributed by atoms with Gasteiger partial charge in [-0.05, 0) is 6.92 Å². The zero-order chi connectivity index (χ0) is 6.95. The van der Waals surface area contributed by atoms with Gasteiger partial charge in [-0.25, -0.2) is 9.78 Å². The van der Waals surface area contributed by atoms with Crippen LogP contribution in [0, 0.1) is 0 Å². The summed E-state index contributed by atoms with van der Waals surface area (Å²) in [4.78, 5) is 9.33. The molecule has 0 N–H and O–H groups in total. The Labute approximate surface area is 57.2 Å². The van der Waals surface area contributed by atoms with Crippen molar-refractivity contribution < 1.29 is 9.78 Å². The lowest BCUT2D eigenvalue weighted by atomic mass is 10.1. The number of allylic oxidation sites excluding steroid dienone is 1. The first-order valence-corrected chi connectivity index (χ1v) is 3.31. The van der Waals surface area contributed by atoms with Crippen LogP contribution in [0.3, 0.4) is 0 Å². The summed E-state index contributed by atoms with van der Waals surface area (Å²) in [5.74, 6) is 0. The van der Waals surface area contributed by atoms with Crippen molar-refractivity contribution in [1.29, 1.82) is 0 Å². The summed E-state index contributed by atoms with van der Waals surface area (Å²) in [5, 5.41) is 0. The molecule has 0 aromatic heterocycles. The van der Waals surface area contributed by atoms with E-state index in [4.69, 9.17) is 4.89 Å². The fourth-order valence-electron chi connectivity index (χ4n) is 0.405. The van der Waals surface area contributed by atoms with Gasteiger partial charge in [-0.3, -0.25) is 0 Å². The molecule has 52 valence electrons. The van der Waals surface area contributed by atoms with Crippen molar-refractivity contribution in [2.24, 2.45) is 0 Å². The first-order chi connectivity index (χ1) is 4.41. The molecule has 0 heterocycles. The molecule has 0 aliphatic heterocycles. The molecule has 0 atom stereocenters. The second kappa shape index (κ2) is 7.72. The minimum Gasteiger partial charge on any atom is -0.237 e. The molecule has 0 rings (SSSR count). The Morgan fingerprint density at radius 2 is 2.11 bits per heavy atom. The highest BCUT2D eigenvalue weighted by molar-refractivity contribution is 6.09. The van der Waals surface area contributed by atoms with E-state index in [-0.39, 0.29) is 0 Å². The van der Waals surface area contributed by atoms with Gasteiger partial charge in [0.2, 0.25) is 0 Å². The van der Waals surface area contributed by atoms with E-state index in [1.54, 1.807) is 0 Å². The standard InChI is InChI=1S/C6H13BO2/c1-2-8-9-6-4-3-5-7/h3-4H,2,5-7H2,1H3/b4-3+. The molecular formula is C6H13BO2. The normalized spacial score (nSPS) is 10.8. The van der Waals surface area contributed by atoms with Gasteiger partial charge in [-0.1, -0.05) is 18.5 Å². The van der Waals surface area contributed by atoms with Gasteiger partial charge in [0.1, 0.15) is 14.5 Å². The first kappa shape index (κ1) is 8.72. The molecule has 0 radical (unpaired) electrons. The Bertz CT molecular complexity index is 73.5. The van der Waals surface area contributed by atoms with Crippen molar-refractivity contribution in [3.63, 3.8) is 0 Å². The molecule has 0 saturated heterocycles. The topological polar surface area (TPSA) is 18.5 Å². The summed E-state index contributed by atoms with van der Waals surface area (Å²) >= 11 is 0. The Hall–Kier alpha value is -0.275. The summed E-state index contributed by atoms with van der Waals surface area (Å²) in [6.07, 6.45) is 5.03. The molecule has 0 spiro atoms. The van der Waals surface area contributed by atoms with Crippen LogP contribution in [0.5, 0.6) is 0 Å². The maximum absolute atomic E-state index is 4.70. The van der Waals surface area contributed by atoms with E-state index in [1.807, 2.05) is 19.1 Å². The summed E-state index contributed by atoms with van der Waals surface area (Å²) in [5.41, 5.74) is 0. The first-order valence-electron chi connectivity index (χ1n) is 3.31. The van der Waals surface area contributed by atoms with Crippen LogP contribution in [-0.4, -0.2) is 21.1 Å². The fraction of sp³-hybridized carbons (Fsp3) is 0.667. The summed E-state index contributed by atoms with van der Waals surface area (Å²) < 4.78 is 0. The average Bonchev–Trinajstić information content (AvgIpc) is 1.89. The van der Waals surface area contributed by atoms with Crippen LogP contribution >= 0.6 is 0 Å². The molecule has 9 heavy (non-hydrogen) atoms. The molecule has 0 fully saturated rings. The van der Waals surface area contributed by atoms with Crippen molar-refractivity contribution in [3.8, 4) is 0 Å². The second-order valence-corrected chi connectivity index (χ2v) is 1.57. The minimum absolute atomic E-state index is 0.557. The van der Waals surface area contributed by atoms with E-state index in [0.29, 0.717) is 13.2 Å². The van der Waals surface area contributed by atoms with E-state index in [9.17, 15) is 0 Å². The maximum Gasteiger partial charge on any atom is 0.106 e. The largest absolute Gasteiger partial charge is 0.237 e. The third-order valence-corrected chi connectivity index (χ3v) is 0.768. The van der Waals surface area contributed by atoms with Crippen LogP contribution < -0.4 is 0 Å². The van der Waals surface area contributed by atoms with Crippen molar-refractivity contribution in [3.05, 3.63) is 12.2 Å². The highest BCUT2D eigenvalue weighted by atomic mass is 17.2. The van der Waals surface area contributed by atoms with Gasteiger partial charge in [-0.2, -0.15) is 0 Å². The van der Waals surface area contributed by atoms with Gasteiger partial charge in [-0.15, -0.1) is 0 Å². The maximum atomic E-state index is 4.70. The van der Waals surface area contributed by atoms with Crippen LogP contribution in [0.4, 0.5) is 0 Å². The Morgan fingerprint density at radius 1 is 1.33 bits per heavy atom. The second-order valence-electron chi connectivity index (χ2n) is 1.57. The predicted molar refractivity (Wildman–Crippen MR) is 40.1 cm³/mol. The molecule has 3 heteroatoms. The van der Waals surface area contributed by atoms with Crippen LogP contribution in [0.15, 0.2) is 12.2 Å². The molecule has 2 nitrogen and oxygen atoms in total. The average molecular weight is 128 g/mol. The smallest absolute Gasteiger partial charge is 0.106 e. The minimum atomic E-state index is 0.557. The summed E-state index contributed by atoms with van der Waals surface area (Å²) in [6.45, 7) is 3.06. The number of hydrogen-bond acceptors (Lipinski definition) is 2. The monoisotopic (exact) mass is 128 g/mol. The van der Waals surface area contributed by atoms with Gasteiger partial charge in [0.25, 0.3) is 0 Å². The molecule has 0 saturated carbocycles. The van der Waals surface area contributed by atoms with Crippen LogP contribution in [-0.2, 0) is 9.78 Å². The highest BCUT2D eigenvalue weighted by Crippen LogP contribution is 1.81. The molecule has 0 aliphatic rings. The lowest BCUT2D eigenvalue weighted by Gasteiger charge is -1.94. The van der Waals surface area contributed by atoms with Gasteiger partial charge in [0, 0.05) is 0 Å². The predicted octanol–water partition coefficient (Wildman–Crippen LogP) is 0.562. The van der Waals surface area contributed by atoms with Crippen molar-refractivity contribution >= 4 is 7.85 Å². The van der Waals surface area contributed by atoms with Gasteiger partial charge < -0.3 is 0 Å². The van der Waals surface area contributed by atoms with E-state index in [2.05, 4.69) is 12.7 Å². The molecule has 0 aliphatic carbocycles. The zero-order valence-electron chi connectivity index (χ0n) is 6.09. The van der Waals surface area contributed by atoms with Crippen LogP contribution in [0.2, 0.25) is 6.32 Å². The van der Waals surface area contributed by atoms with Crippen LogP contribution in [0.25, 0.3) is 0 Å². The SMILES string of the molecule is BC/C=C/COOCC. The molecular weight excluding hydrogens is 115 g/mol. The van der Waals surface area contributed by atoms with Crippen molar-refractivity contribution in [2.75, 3.05) is 13.2 Å². The third kappa shape index (κ3) is 7.72. The third-order valence-electron chi connectivity index (χ3n) is 0.768. The van der Waals surface area contributed by atoms with Crippen molar-refractivity contribution in [2.45, 2.75) is 13.2 Å². The lowest BCUT2D eigenvalue weighted by Crippen LogP contribution is -1.92. The summed E-state index contributed by atoms with van der Waals surface area (Å²) in [7, 11) is 2.08. The fourth-order valence-corrected chi connectivity index (χ4v) is 0.405. The Kier molecular flexibility index (Phi) is 7.49. The van der Waals surface area contributed by atoms with Crippen molar-refractivity contribution in [1.82, 2.24) is 0 Å². The highest BCUT2D eigenvalue weighted by Gasteiger charge is 1.77. The molecule has 0 amide bonds. The van der Waals surface area contributed by atoms with Gasteiger partial charge in [0.15, 0.2) is 0 Å². The molecule has 0 unspecified atom stereocenters. The van der Waals surface area contributed by atoms with E-state index < -0.39 is 0 Å². The van der Waals surface area contributed by atoms with Crippen LogP contribution in [0.1, 0.15) is 6.92 Å². The molecule has 0 bridgehead atoms. The molecule has 0 aromatic rings. The Morgan fingerprint density at radius 3 is 2.67 bits per heavy atom. The number of hydrogen-bond donors (Lipinski definition) is 0. The molecule has 0 aromatic carbocycles. The van der Waals surface area contributed by atoms with Gasteiger partial charge >= 0.3 is 0 Å². The zero-order valence-corrected chi connectivity index (χ0v) is 6.09. The lowest BCUT2D eigenvalue weighted by molar-refractivity contribution is -0.282. The van der Waals surface area contributed by atoms with E-state index >= 15 is 0 Å².